The van der Waals surface area contributed by atoms with E-state index in [0.717, 1.165) is 6.42 Å². The summed E-state index contributed by atoms with van der Waals surface area (Å²) in [5, 5.41) is 3.18. The van der Waals surface area contributed by atoms with Gasteiger partial charge in [-0.3, -0.25) is 4.79 Å². The van der Waals surface area contributed by atoms with Gasteiger partial charge in [0.15, 0.2) is 0 Å². The van der Waals surface area contributed by atoms with E-state index in [9.17, 15) is 4.79 Å². The van der Waals surface area contributed by atoms with E-state index < -0.39 is 0 Å². The van der Waals surface area contributed by atoms with Crippen LogP contribution < -0.4 is 5.32 Å². The SMILES string of the molecule is O=C(CC1CCC1)NC1CCCCC1. The van der Waals surface area contributed by atoms with E-state index in [1.807, 2.05) is 0 Å². The van der Waals surface area contributed by atoms with E-state index in [1.165, 1.54) is 51.4 Å². The number of carbonyl (C=O) groups excluding carboxylic acids is 1. The first-order valence-electron chi connectivity index (χ1n) is 6.14. The molecule has 0 saturated heterocycles. The van der Waals surface area contributed by atoms with Gasteiger partial charge in [-0.15, -0.1) is 0 Å². The number of rotatable bonds is 3. The van der Waals surface area contributed by atoms with Crippen molar-refractivity contribution in [1.82, 2.24) is 5.32 Å². The third kappa shape index (κ3) is 2.73. The van der Waals surface area contributed by atoms with Gasteiger partial charge in [-0.05, 0) is 31.6 Å². The summed E-state index contributed by atoms with van der Waals surface area (Å²) in [6.07, 6.45) is 11.0. The quantitative estimate of drug-likeness (QED) is 0.737. The number of amides is 1. The van der Waals surface area contributed by atoms with Crippen LogP contribution in [0.1, 0.15) is 57.8 Å². The maximum absolute atomic E-state index is 11.6. The Labute approximate surface area is 86.5 Å². The van der Waals surface area contributed by atoms with E-state index in [-0.39, 0.29) is 0 Å². The van der Waals surface area contributed by atoms with Crippen molar-refractivity contribution in [1.29, 1.82) is 0 Å². The fourth-order valence-corrected chi connectivity index (χ4v) is 2.49. The summed E-state index contributed by atoms with van der Waals surface area (Å²) in [4.78, 5) is 11.6. The van der Waals surface area contributed by atoms with Crippen LogP contribution in [0.3, 0.4) is 0 Å². The van der Waals surface area contributed by atoms with Crippen molar-refractivity contribution in [2.45, 2.75) is 63.8 Å². The highest BCUT2D eigenvalue weighted by atomic mass is 16.1. The molecule has 80 valence electrons. The lowest BCUT2D eigenvalue weighted by atomic mass is 9.82. The van der Waals surface area contributed by atoms with Gasteiger partial charge in [0.1, 0.15) is 0 Å². The topological polar surface area (TPSA) is 29.1 Å². The van der Waals surface area contributed by atoms with Crippen LogP contribution in [0.25, 0.3) is 0 Å². The zero-order valence-corrected chi connectivity index (χ0v) is 8.93. The molecule has 1 N–H and O–H groups in total. The van der Waals surface area contributed by atoms with Crippen molar-refractivity contribution in [2.24, 2.45) is 5.92 Å². The first kappa shape index (κ1) is 10.0. The molecule has 2 aliphatic rings. The number of hydrogen-bond donors (Lipinski definition) is 1. The summed E-state index contributed by atoms with van der Waals surface area (Å²) in [5.41, 5.74) is 0. The van der Waals surface area contributed by atoms with E-state index in [2.05, 4.69) is 5.32 Å². The van der Waals surface area contributed by atoms with Gasteiger partial charge < -0.3 is 5.32 Å². The molecule has 0 heterocycles. The second-order valence-corrected chi connectivity index (χ2v) is 4.90. The molecule has 0 spiro atoms. The largest absolute Gasteiger partial charge is 0.353 e. The van der Waals surface area contributed by atoms with Crippen molar-refractivity contribution < 1.29 is 4.79 Å². The van der Waals surface area contributed by atoms with E-state index >= 15 is 0 Å². The predicted octanol–water partition coefficient (Wildman–Crippen LogP) is 2.63. The van der Waals surface area contributed by atoms with Crippen LogP contribution >= 0.6 is 0 Å². The second-order valence-electron chi connectivity index (χ2n) is 4.90. The molecule has 2 rings (SSSR count). The predicted molar refractivity (Wildman–Crippen MR) is 57.0 cm³/mol. The first-order valence-corrected chi connectivity index (χ1v) is 6.14. The molecule has 0 aliphatic heterocycles. The monoisotopic (exact) mass is 195 g/mol. The minimum absolute atomic E-state index is 0.307. The smallest absolute Gasteiger partial charge is 0.220 e. The zero-order chi connectivity index (χ0) is 9.80. The highest BCUT2D eigenvalue weighted by molar-refractivity contribution is 5.76. The zero-order valence-electron chi connectivity index (χ0n) is 8.93. The molecule has 0 radical (unpaired) electrons. The van der Waals surface area contributed by atoms with Crippen molar-refractivity contribution in [2.75, 3.05) is 0 Å². The van der Waals surface area contributed by atoms with Gasteiger partial charge in [0.25, 0.3) is 0 Å². The van der Waals surface area contributed by atoms with Crippen LogP contribution in [0.5, 0.6) is 0 Å². The molecule has 0 aromatic heterocycles. The number of nitrogens with one attached hydrogen (secondary N) is 1. The second kappa shape index (κ2) is 4.81. The molecule has 14 heavy (non-hydrogen) atoms. The molecule has 0 unspecified atom stereocenters. The molecule has 2 aliphatic carbocycles. The maximum atomic E-state index is 11.6. The van der Waals surface area contributed by atoms with Crippen molar-refractivity contribution >= 4 is 5.91 Å². The van der Waals surface area contributed by atoms with Crippen molar-refractivity contribution in [3.05, 3.63) is 0 Å². The molecule has 0 aromatic carbocycles. The van der Waals surface area contributed by atoms with E-state index in [1.54, 1.807) is 0 Å². The Morgan fingerprint density at radius 1 is 1.00 bits per heavy atom. The Morgan fingerprint density at radius 3 is 2.29 bits per heavy atom. The number of hydrogen-bond acceptors (Lipinski definition) is 1. The summed E-state index contributed by atoms with van der Waals surface area (Å²) >= 11 is 0. The van der Waals surface area contributed by atoms with Crippen molar-refractivity contribution in [3.8, 4) is 0 Å². The molecule has 2 saturated carbocycles. The van der Waals surface area contributed by atoms with Gasteiger partial charge in [0.05, 0.1) is 0 Å². The Morgan fingerprint density at radius 2 is 1.71 bits per heavy atom. The Balaban J connectivity index is 1.64. The van der Waals surface area contributed by atoms with Gasteiger partial charge in [0.2, 0.25) is 5.91 Å². The average Bonchev–Trinajstić information content (AvgIpc) is 2.13. The fourth-order valence-electron chi connectivity index (χ4n) is 2.49. The molecule has 2 heteroatoms. The summed E-state index contributed by atoms with van der Waals surface area (Å²) in [6, 6.07) is 0.497. The van der Waals surface area contributed by atoms with Gasteiger partial charge in [-0.2, -0.15) is 0 Å². The standard InChI is InChI=1S/C12H21NO/c14-12(9-10-5-4-6-10)13-11-7-2-1-3-8-11/h10-11H,1-9H2,(H,13,14). The lowest BCUT2D eigenvalue weighted by Gasteiger charge is -2.27. The number of carbonyl (C=O) groups is 1. The first-order chi connectivity index (χ1) is 6.84. The fraction of sp³-hybridized carbons (Fsp3) is 0.917. The molecule has 0 bridgehead atoms. The maximum Gasteiger partial charge on any atom is 0.220 e. The molecule has 1 amide bonds. The molecular weight excluding hydrogens is 174 g/mol. The Hall–Kier alpha value is -0.530. The molecular formula is C12H21NO. The van der Waals surface area contributed by atoms with Crippen LogP contribution in [0.15, 0.2) is 0 Å². The van der Waals surface area contributed by atoms with Crippen molar-refractivity contribution in [3.63, 3.8) is 0 Å². The average molecular weight is 195 g/mol. The minimum Gasteiger partial charge on any atom is -0.353 e. The van der Waals surface area contributed by atoms with Crippen LogP contribution in [0, 0.1) is 5.92 Å². The normalized spacial score (nSPS) is 24.3. The molecule has 2 nitrogen and oxygen atoms in total. The Bertz CT molecular complexity index is 192. The third-order valence-electron chi connectivity index (χ3n) is 3.67. The van der Waals surface area contributed by atoms with Crippen LogP contribution in [-0.2, 0) is 4.79 Å². The van der Waals surface area contributed by atoms with Gasteiger partial charge in [0, 0.05) is 12.5 Å². The summed E-state index contributed by atoms with van der Waals surface area (Å²) in [6.45, 7) is 0. The Kier molecular flexibility index (Phi) is 3.44. The summed E-state index contributed by atoms with van der Waals surface area (Å²) in [5.74, 6) is 1.01. The van der Waals surface area contributed by atoms with Gasteiger partial charge in [-0.1, -0.05) is 25.7 Å². The van der Waals surface area contributed by atoms with Gasteiger partial charge in [-0.25, -0.2) is 0 Å². The van der Waals surface area contributed by atoms with Crippen LogP contribution in [0.2, 0.25) is 0 Å². The highest BCUT2D eigenvalue weighted by Crippen LogP contribution is 2.29. The van der Waals surface area contributed by atoms with E-state index in [0.29, 0.717) is 17.9 Å². The van der Waals surface area contributed by atoms with Gasteiger partial charge >= 0.3 is 0 Å². The summed E-state index contributed by atoms with van der Waals surface area (Å²) < 4.78 is 0. The third-order valence-corrected chi connectivity index (χ3v) is 3.67. The van der Waals surface area contributed by atoms with E-state index in [4.69, 9.17) is 0 Å². The lowest BCUT2D eigenvalue weighted by Crippen LogP contribution is -2.37. The summed E-state index contributed by atoms with van der Waals surface area (Å²) in [7, 11) is 0. The highest BCUT2D eigenvalue weighted by Gasteiger charge is 2.22. The minimum atomic E-state index is 0.307. The molecule has 0 atom stereocenters. The molecule has 0 aromatic rings. The lowest BCUT2D eigenvalue weighted by molar-refractivity contribution is -0.123. The van der Waals surface area contributed by atoms with Crippen LogP contribution in [0.4, 0.5) is 0 Å². The molecule has 2 fully saturated rings. The van der Waals surface area contributed by atoms with Crippen LogP contribution in [-0.4, -0.2) is 11.9 Å².